The maximum absolute atomic E-state index is 14.5. The number of carboxylic acid groups (broad SMARTS) is 1. The molecule has 3 aromatic rings. The van der Waals surface area contributed by atoms with Gasteiger partial charge in [0, 0.05) is 18.2 Å². The number of benzene rings is 1. The Hall–Kier alpha value is -3.05. The highest BCUT2D eigenvalue weighted by Crippen LogP contribution is 2.36. The summed E-state index contributed by atoms with van der Waals surface area (Å²) in [4.78, 5) is 27.1. The van der Waals surface area contributed by atoms with E-state index in [2.05, 4.69) is 36.1 Å². The van der Waals surface area contributed by atoms with Crippen LogP contribution in [-0.2, 0) is 4.74 Å². The number of morpholine rings is 1. The van der Waals surface area contributed by atoms with Crippen LogP contribution in [0.25, 0.3) is 11.0 Å². The van der Waals surface area contributed by atoms with Crippen molar-refractivity contribution in [1.82, 2.24) is 15.0 Å². The fourth-order valence-corrected chi connectivity index (χ4v) is 4.32. The first kappa shape index (κ1) is 20.8. The third kappa shape index (κ3) is 3.71. The number of nitrogens with zero attached hydrogens (tertiary/aromatic N) is 4. The quantitative estimate of drug-likeness (QED) is 0.517. The Morgan fingerprint density at radius 1 is 1.31 bits per heavy atom. The van der Waals surface area contributed by atoms with Crippen LogP contribution in [0.5, 0.6) is 5.88 Å². The van der Waals surface area contributed by atoms with E-state index in [9.17, 15) is 14.3 Å². The summed E-state index contributed by atoms with van der Waals surface area (Å²) in [7, 11) is 0. The summed E-state index contributed by atoms with van der Waals surface area (Å²) in [6, 6.07) is 5.52. The molecule has 1 fully saturated rings. The molecule has 0 bridgehead atoms. The Bertz CT molecular complexity index is 1230. The van der Waals surface area contributed by atoms with E-state index in [0.717, 1.165) is 0 Å². The van der Waals surface area contributed by atoms with Gasteiger partial charge in [-0.15, -0.1) is 0 Å². The molecule has 9 nitrogen and oxygen atoms in total. The topological polar surface area (TPSA) is 110 Å². The molecule has 0 aliphatic carbocycles. The second kappa shape index (κ2) is 8.14. The maximum atomic E-state index is 14.5. The molecule has 2 aromatic heterocycles. The summed E-state index contributed by atoms with van der Waals surface area (Å²) in [5, 5.41) is 12.6. The third-order valence-corrected chi connectivity index (χ3v) is 5.97. The number of hydrogen-bond donors (Lipinski definition) is 2. The Balaban J connectivity index is 1.57. The molecule has 0 spiro atoms. The predicted octanol–water partition coefficient (Wildman–Crippen LogP) is 3.40. The van der Waals surface area contributed by atoms with E-state index >= 15 is 0 Å². The van der Waals surface area contributed by atoms with Crippen molar-refractivity contribution in [2.45, 2.75) is 19.0 Å². The molecular weight excluding hydrogens is 485 g/mol. The van der Waals surface area contributed by atoms with Crippen LogP contribution >= 0.6 is 15.9 Å². The number of fused-ring (bicyclic) bond motifs is 4. The highest BCUT2D eigenvalue weighted by Gasteiger charge is 2.33. The van der Waals surface area contributed by atoms with Gasteiger partial charge >= 0.3 is 5.97 Å². The van der Waals surface area contributed by atoms with Gasteiger partial charge in [-0.1, -0.05) is 0 Å². The largest absolute Gasteiger partial charge is 0.476 e. The molecule has 166 valence electrons. The first-order valence-corrected chi connectivity index (χ1v) is 10.8. The highest BCUT2D eigenvalue weighted by molar-refractivity contribution is 9.10. The average Bonchev–Trinajstić information content (AvgIpc) is 2.78. The van der Waals surface area contributed by atoms with Gasteiger partial charge in [0.2, 0.25) is 0 Å². The molecular formula is C21H19BrFN5O4. The summed E-state index contributed by atoms with van der Waals surface area (Å²) < 4.78 is 26.2. The van der Waals surface area contributed by atoms with E-state index in [1.807, 2.05) is 0 Å². The minimum absolute atomic E-state index is 0.0504. The van der Waals surface area contributed by atoms with Crippen molar-refractivity contribution in [3.8, 4) is 5.88 Å². The van der Waals surface area contributed by atoms with Gasteiger partial charge in [0.05, 0.1) is 42.0 Å². The van der Waals surface area contributed by atoms with Gasteiger partial charge in [-0.05, 0) is 41.1 Å². The van der Waals surface area contributed by atoms with Gasteiger partial charge < -0.3 is 24.8 Å². The number of halogens is 2. The molecule has 1 aromatic carbocycles. The number of aromatic carboxylic acids is 1. The lowest BCUT2D eigenvalue weighted by molar-refractivity contribution is 0.0684. The smallest absolute Gasteiger partial charge is 0.356 e. The second-order valence-corrected chi connectivity index (χ2v) is 8.46. The van der Waals surface area contributed by atoms with Crippen molar-refractivity contribution < 1.29 is 23.8 Å². The number of ether oxygens (including phenoxy) is 2. The van der Waals surface area contributed by atoms with E-state index in [0.29, 0.717) is 65.0 Å². The zero-order valence-electron chi connectivity index (χ0n) is 17.0. The monoisotopic (exact) mass is 503 g/mol. The van der Waals surface area contributed by atoms with Gasteiger partial charge in [0.1, 0.15) is 17.0 Å². The molecule has 32 heavy (non-hydrogen) atoms. The van der Waals surface area contributed by atoms with Crippen LogP contribution in [0.15, 0.2) is 28.9 Å². The lowest BCUT2D eigenvalue weighted by atomic mass is 10.0. The zero-order valence-corrected chi connectivity index (χ0v) is 18.6. The van der Waals surface area contributed by atoms with Gasteiger partial charge in [-0.2, -0.15) is 0 Å². The number of hydrogen-bond acceptors (Lipinski definition) is 8. The van der Waals surface area contributed by atoms with E-state index < -0.39 is 17.8 Å². The fourth-order valence-electron chi connectivity index (χ4n) is 4.01. The van der Waals surface area contributed by atoms with Crippen molar-refractivity contribution in [2.24, 2.45) is 0 Å². The minimum atomic E-state index is -1.17. The van der Waals surface area contributed by atoms with Crippen LogP contribution in [-0.4, -0.2) is 58.4 Å². The maximum Gasteiger partial charge on any atom is 0.356 e. The van der Waals surface area contributed by atoms with E-state index in [1.54, 1.807) is 19.1 Å². The van der Waals surface area contributed by atoms with Crippen LogP contribution in [0.1, 0.15) is 29.0 Å². The Labute approximate surface area is 190 Å². The van der Waals surface area contributed by atoms with Crippen LogP contribution in [0.4, 0.5) is 15.9 Å². The molecule has 0 unspecified atom stereocenters. The Morgan fingerprint density at radius 2 is 2.16 bits per heavy atom. The summed E-state index contributed by atoms with van der Waals surface area (Å²) in [6.45, 7) is 4.03. The highest BCUT2D eigenvalue weighted by atomic mass is 79.9. The van der Waals surface area contributed by atoms with Crippen molar-refractivity contribution >= 4 is 44.4 Å². The lowest BCUT2D eigenvalue weighted by Gasteiger charge is -2.39. The number of nitrogens with one attached hydrogen (secondary N) is 1. The predicted molar refractivity (Wildman–Crippen MR) is 118 cm³/mol. The van der Waals surface area contributed by atoms with E-state index in [4.69, 9.17) is 14.5 Å². The Morgan fingerprint density at radius 3 is 2.97 bits per heavy atom. The zero-order chi connectivity index (χ0) is 22.4. The fraction of sp³-hybridized carbons (Fsp3) is 0.333. The van der Waals surface area contributed by atoms with E-state index in [1.165, 1.54) is 12.1 Å². The number of rotatable bonds is 4. The van der Waals surface area contributed by atoms with Crippen molar-refractivity contribution in [3.63, 3.8) is 0 Å². The summed E-state index contributed by atoms with van der Waals surface area (Å²) >= 11 is 3.19. The van der Waals surface area contributed by atoms with Crippen LogP contribution in [0.2, 0.25) is 0 Å². The number of pyridine rings is 1. The van der Waals surface area contributed by atoms with Crippen molar-refractivity contribution in [3.05, 3.63) is 45.9 Å². The average molecular weight is 504 g/mol. The first-order valence-electron chi connectivity index (χ1n) is 10.1. The van der Waals surface area contributed by atoms with Gasteiger partial charge in [-0.25, -0.2) is 24.1 Å². The molecule has 5 rings (SSSR count). The van der Waals surface area contributed by atoms with Crippen LogP contribution in [0, 0.1) is 5.82 Å². The van der Waals surface area contributed by atoms with Gasteiger partial charge in [0.15, 0.2) is 11.5 Å². The Kier molecular flexibility index (Phi) is 5.30. The molecule has 11 heteroatoms. The standard InChI is InChI=1S/C21H19BrFN5O4/c1-10(24-14-2-3-16(22)26-18(14)21(29)30)13-6-11(23)7-15-17(13)27-19-20(25-15)32-9-12-8-31-5-4-28(12)19/h2-3,6-7,10,12,24H,4-5,8-9H2,1H3,(H,29,30)/t10-,12+/m1/s1. The minimum Gasteiger partial charge on any atom is -0.476 e. The summed E-state index contributed by atoms with van der Waals surface area (Å²) in [5.41, 5.74) is 1.60. The number of carbonyl (C=O) groups is 1. The van der Waals surface area contributed by atoms with Crippen LogP contribution in [0.3, 0.4) is 0 Å². The molecule has 4 heterocycles. The molecule has 0 saturated carbocycles. The normalized spacial score (nSPS) is 18.5. The second-order valence-electron chi connectivity index (χ2n) is 7.65. The number of aromatic nitrogens is 3. The summed E-state index contributed by atoms with van der Waals surface area (Å²) in [6.07, 6.45) is 0. The summed E-state index contributed by atoms with van der Waals surface area (Å²) in [5.74, 6) is -0.663. The molecule has 2 N–H and O–H groups in total. The molecule has 0 amide bonds. The first-order chi connectivity index (χ1) is 15.4. The number of anilines is 2. The van der Waals surface area contributed by atoms with Crippen LogP contribution < -0.4 is 15.0 Å². The van der Waals surface area contributed by atoms with Crippen molar-refractivity contribution in [1.29, 1.82) is 0 Å². The van der Waals surface area contributed by atoms with Gasteiger partial charge in [0.25, 0.3) is 5.88 Å². The third-order valence-electron chi connectivity index (χ3n) is 5.53. The molecule has 2 aliphatic rings. The SMILES string of the molecule is C[C@@H](Nc1ccc(Br)nc1C(=O)O)c1cc(F)cc2nc3c(nc12)N1CCOC[C@H]1CO3. The molecule has 0 radical (unpaired) electrons. The molecule has 1 saturated heterocycles. The molecule has 2 atom stereocenters. The number of carboxylic acids is 1. The lowest BCUT2D eigenvalue weighted by Crippen LogP contribution is -2.51. The van der Waals surface area contributed by atoms with E-state index in [-0.39, 0.29) is 11.7 Å². The van der Waals surface area contributed by atoms with Gasteiger partial charge in [-0.3, -0.25) is 0 Å². The van der Waals surface area contributed by atoms with Crippen molar-refractivity contribution in [2.75, 3.05) is 36.6 Å². The molecule has 2 aliphatic heterocycles.